The minimum atomic E-state index is -1.30. The van der Waals surface area contributed by atoms with E-state index in [0.717, 1.165) is 11.1 Å². The molecule has 0 aromatic heterocycles. The van der Waals surface area contributed by atoms with Crippen molar-refractivity contribution in [1.29, 1.82) is 0 Å². The van der Waals surface area contributed by atoms with E-state index in [0.29, 0.717) is 31.2 Å². The second kappa shape index (κ2) is 24.1. The lowest BCUT2D eigenvalue weighted by Crippen LogP contribution is -2.62. The van der Waals surface area contributed by atoms with E-state index < -0.39 is 107 Å². The first kappa shape index (κ1) is 51.7. The monoisotopic (exact) mass is 974 g/mol. The Balaban J connectivity index is 1.28. The molecule has 0 spiro atoms. The van der Waals surface area contributed by atoms with Gasteiger partial charge in [0.1, 0.15) is 48.3 Å². The molecule has 7 N–H and O–H groups in total. The summed E-state index contributed by atoms with van der Waals surface area (Å²) in [7, 11) is 0. The van der Waals surface area contributed by atoms with Crippen LogP contribution in [0.3, 0.4) is 0 Å². The molecule has 4 heterocycles. The van der Waals surface area contributed by atoms with Crippen LogP contribution in [0.4, 0.5) is 0 Å². The molecule has 378 valence electrons. The number of hydrogen-bond acceptors (Lipinski definition) is 9. The maximum atomic E-state index is 14.9. The van der Waals surface area contributed by atoms with Crippen LogP contribution in [0.1, 0.15) is 88.3 Å². The van der Waals surface area contributed by atoms with Gasteiger partial charge in [0.05, 0.1) is 0 Å². The van der Waals surface area contributed by atoms with Crippen molar-refractivity contribution in [2.45, 2.75) is 139 Å². The minimum Gasteiger partial charge on any atom is -0.370 e. The first-order valence-electron chi connectivity index (χ1n) is 25.1. The maximum Gasteiger partial charge on any atom is 0.246 e. The minimum absolute atomic E-state index is 0.0293. The smallest absolute Gasteiger partial charge is 0.246 e. The van der Waals surface area contributed by atoms with E-state index in [-0.39, 0.29) is 71.0 Å². The Kier molecular flexibility index (Phi) is 17.6. The molecule has 0 saturated carbocycles. The van der Waals surface area contributed by atoms with E-state index in [1.165, 1.54) is 14.7 Å². The van der Waals surface area contributed by atoms with Crippen molar-refractivity contribution in [3.05, 3.63) is 108 Å². The number of rotatable bonds is 11. The fourth-order valence-electron chi connectivity index (χ4n) is 10.2. The van der Waals surface area contributed by atoms with Crippen LogP contribution in [0.15, 0.2) is 91.0 Å². The number of carbonyl (C=O) groups is 9. The largest absolute Gasteiger partial charge is 0.370 e. The zero-order valence-electron chi connectivity index (χ0n) is 40.6. The molecule has 0 aliphatic carbocycles. The highest BCUT2D eigenvalue weighted by molar-refractivity contribution is 5.99. The molecular weight excluding hydrogens is 907 g/mol. The van der Waals surface area contributed by atoms with Gasteiger partial charge in [-0.2, -0.15) is 0 Å². The van der Waals surface area contributed by atoms with Crippen LogP contribution in [-0.2, 0) is 62.4 Å². The molecular formula is C53H67N9O9. The number of nitrogens with one attached hydrogen (secondary N) is 5. The molecule has 4 saturated heterocycles. The summed E-state index contributed by atoms with van der Waals surface area (Å²) in [5, 5.41) is 14.5. The zero-order chi connectivity index (χ0) is 50.6. The van der Waals surface area contributed by atoms with Gasteiger partial charge in [0.15, 0.2) is 0 Å². The number of carbonyl (C=O) groups excluding carboxylic acids is 9. The van der Waals surface area contributed by atoms with Crippen LogP contribution in [-0.4, -0.2) is 136 Å². The lowest BCUT2D eigenvalue weighted by molar-refractivity contribution is -0.146. The van der Waals surface area contributed by atoms with Crippen LogP contribution in [0, 0.1) is 5.92 Å². The van der Waals surface area contributed by atoms with Gasteiger partial charge in [-0.05, 0) is 67.6 Å². The predicted octanol–water partition coefficient (Wildman–Crippen LogP) is 1.44. The highest BCUT2D eigenvalue weighted by atomic mass is 16.2. The van der Waals surface area contributed by atoms with E-state index >= 15 is 0 Å². The van der Waals surface area contributed by atoms with Crippen molar-refractivity contribution in [1.82, 2.24) is 41.3 Å². The summed E-state index contributed by atoms with van der Waals surface area (Å²) in [6.07, 6.45) is 2.27. The van der Waals surface area contributed by atoms with E-state index in [1.54, 1.807) is 31.2 Å². The molecule has 0 bridgehead atoms. The SMILES string of the molecule is CC[C@H](C)[C@@H]1NC(=O)[C@H](Cc2ccccc2)NC(=O)[C@@H]2CCCN2C(=O)[C@H](CCC(N)=O)NC(=O)[C@@H]2CCCN2C(=O)[C@H](Cc2ccccc2)NC(=O)[C@@H]2CCCN2C(=O)[C@H](Cc2ccccc2)NC1=O. The molecule has 4 fully saturated rings. The third-order valence-electron chi connectivity index (χ3n) is 14.3. The summed E-state index contributed by atoms with van der Waals surface area (Å²) in [4.78, 5) is 133. The van der Waals surface area contributed by atoms with Crippen LogP contribution >= 0.6 is 0 Å². The van der Waals surface area contributed by atoms with Crippen LogP contribution in [0.25, 0.3) is 0 Å². The van der Waals surface area contributed by atoms with E-state index in [1.807, 2.05) is 73.7 Å². The fraction of sp³-hybridized carbons (Fsp3) is 0.491. The molecule has 71 heavy (non-hydrogen) atoms. The van der Waals surface area contributed by atoms with Gasteiger partial charge in [0.25, 0.3) is 0 Å². The number of primary amides is 1. The molecule has 9 atom stereocenters. The Bertz CT molecular complexity index is 2410. The van der Waals surface area contributed by atoms with Crippen molar-refractivity contribution >= 4 is 53.2 Å². The Hall–Kier alpha value is -7.11. The molecule has 18 heteroatoms. The molecule has 4 aliphatic rings. The zero-order valence-corrected chi connectivity index (χ0v) is 40.6. The van der Waals surface area contributed by atoms with Gasteiger partial charge < -0.3 is 47.0 Å². The Morgan fingerprint density at radius 1 is 0.507 bits per heavy atom. The maximum absolute atomic E-state index is 14.9. The molecule has 0 unspecified atom stereocenters. The average molecular weight is 974 g/mol. The molecule has 3 aromatic rings. The normalized spacial score (nSPS) is 26.8. The Morgan fingerprint density at radius 3 is 1.25 bits per heavy atom. The van der Waals surface area contributed by atoms with Crippen LogP contribution < -0.4 is 32.3 Å². The first-order valence-corrected chi connectivity index (χ1v) is 25.1. The number of hydrogen-bond donors (Lipinski definition) is 6. The number of fused-ring (bicyclic) bond motifs is 3. The van der Waals surface area contributed by atoms with Gasteiger partial charge >= 0.3 is 0 Å². The number of nitrogens with zero attached hydrogens (tertiary/aromatic N) is 3. The number of amides is 9. The summed E-state index contributed by atoms with van der Waals surface area (Å²) < 4.78 is 0. The summed E-state index contributed by atoms with van der Waals surface area (Å²) in [5.74, 6) is -5.97. The topological polar surface area (TPSA) is 250 Å². The molecule has 3 aromatic carbocycles. The quantitative estimate of drug-likeness (QED) is 0.163. The Morgan fingerprint density at radius 2 is 0.859 bits per heavy atom. The molecule has 9 amide bonds. The lowest BCUT2D eigenvalue weighted by Gasteiger charge is -2.34. The van der Waals surface area contributed by atoms with Crippen LogP contribution in [0.5, 0.6) is 0 Å². The Labute approximate surface area is 414 Å². The molecule has 7 rings (SSSR count). The van der Waals surface area contributed by atoms with Crippen molar-refractivity contribution in [2.75, 3.05) is 19.6 Å². The molecule has 4 aliphatic heterocycles. The van der Waals surface area contributed by atoms with Gasteiger partial charge in [0, 0.05) is 45.3 Å². The summed E-state index contributed by atoms with van der Waals surface area (Å²) in [6.45, 7) is 4.18. The highest BCUT2D eigenvalue weighted by Gasteiger charge is 2.45. The van der Waals surface area contributed by atoms with E-state index in [9.17, 15) is 43.2 Å². The summed E-state index contributed by atoms with van der Waals surface area (Å²) in [5.41, 5.74) is 7.74. The van der Waals surface area contributed by atoms with E-state index in [2.05, 4.69) is 26.6 Å². The average Bonchev–Trinajstić information content (AvgIpc) is 4.19. The standard InChI is InChI=1S/C53H67N9O9/c1-3-33(2)45-50(68)58-40(32-36-20-11-6-12-21-36)53(71)62-29-15-24-43(62)49(67)57-39(31-35-18-9-5-10-19-35)52(70)61-28-14-22-41(61)47(65)55-37(25-26-44(54)63)51(69)60-27-13-23-42(60)48(66)56-38(46(64)59-45)30-34-16-7-4-8-17-34/h4-12,16-21,33,37-43,45H,3,13-15,22-32H2,1-2H3,(H2,54,63)(H,55,65)(H,56,66)(H,57,67)(H,58,68)(H,59,64)/t33-,37-,38-,39-,40-,41-,42-,43-,45-/m0/s1. The van der Waals surface area contributed by atoms with Gasteiger partial charge in [-0.25, -0.2) is 0 Å². The van der Waals surface area contributed by atoms with Gasteiger partial charge in [-0.1, -0.05) is 111 Å². The van der Waals surface area contributed by atoms with Crippen LogP contribution in [0.2, 0.25) is 0 Å². The predicted molar refractivity (Wildman–Crippen MR) is 262 cm³/mol. The number of nitrogens with two attached hydrogens (primary N) is 1. The molecule has 0 radical (unpaired) electrons. The second-order valence-corrected chi connectivity index (χ2v) is 19.3. The molecule has 18 nitrogen and oxygen atoms in total. The second-order valence-electron chi connectivity index (χ2n) is 19.3. The van der Waals surface area contributed by atoms with Gasteiger partial charge in [-0.3, -0.25) is 43.2 Å². The van der Waals surface area contributed by atoms with Crippen molar-refractivity contribution < 1.29 is 43.2 Å². The third-order valence-corrected chi connectivity index (χ3v) is 14.3. The number of benzene rings is 3. The van der Waals surface area contributed by atoms with Crippen molar-refractivity contribution in [3.63, 3.8) is 0 Å². The fourth-order valence-corrected chi connectivity index (χ4v) is 10.2. The van der Waals surface area contributed by atoms with Crippen molar-refractivity contribution in [2.24, 2.45) is 11.7 Å². The summed E-state index contributed by atoms with van der Waals surface area (Å²) in [6, 6.07) is 18.1. The van der Waals surface area contributed by atoms with Gasteiger partial charge in [0.2, 0.25) is 53.2 Å². The van der Waals surface area contributed by atoms with E-state index in [4.69, 9.17) is 5.73 Å². The third kappa shape index (κ3) is 13.0. The summed E-state index contributed by atoms with van der Waals surface area (Å²) >= 11 is 0. The first-order chi connectivity index (χ1) is 34.2. The highest BCUT2D eigenvalue weighted by Crippen LogP contribution is 2.25. The lowest BCUT2D eigenvalue weighted by atomic mass is 9.96. The van der Waals surface area contributed by atoms with Gasteiger partial charge in [-0.15, -0.1) is 0 Å². The van der Waals surface area contributed by atoms with Crippen molar-refractivity contribution in [3.8, 4) is 0 Å².